The molecular weight excluding hydrogens is 172 g/mol. The van der Waals surface area contributed by atoms with Gasteiger partial charge in [-0.1, -0.05) is 12.1 Å². The number of aryl methyl sites for hydroxylation is 1. The molecule has 0 amide bonds. The van der Waals surface area contributed by atoms with Crippen LogP contribution in [0.3, 0.4) is 0 Å². The Morgan fingerprint density at radius 2 is 2.07 bits per heavy atom. The Morgan fingerprint density at radius 1 is 1.36 bits per heavy atom. The number of hydrogen-bond donors (Lipinski definition) is 1. The summed E-state index contributed by atoms with van der Waals surface area (Å²) in [5.41, 5.74) is 11.8. The summed E-state index contributed by atoms with van der Waals surface area (Å²) in [6.07, 6.45) is 0.722. The highest BCUT2D eigenvalue weighted by Gasteiger charge is 2.21. The maximum Gasteiger partial charge on any atom is 0.102 e. The molecule has 2 rings (SSSR count). The summed E-state index contributed by atoms with van der Waals surface area (Å²) in [5.74, 6) is 0. The standard InChI is InChI=1S/C12H12N2/c1-7-3-4-9-5-11(14)10(6-13)12(9)8(7)2/h3-4H,5,14H2,1-2H3. The minimum absolute atomic E-state index is 0.668. The van der Waals surface area contributed by atoms with E-state index in [1.165, 1.54) is 16.7 Å². The van der Waals surface area contributed by atoms with Crippen molar-refractivity contribution in [2.24, 2.45) is 5.73 Å². The van der Waals surface area contributed by atoms with Gasteiger partial charge in [-0.25, -0.2) is 0 Å². The quantitative estimate of drug-likeness (QED) is 0.670. The lowest BCUT2D eigenvalue weighted by atomic mass is 9.96. The van der Waals surface area contributed by atoms with E-state index >= 15 is 0 Å². The van der Waals surface area contributed by atoms with Crippen LogP contribution in [0.5, 0.6) is 0 Å². The van der Waals surface area contributed by atoms with Crippen molar-refractivity contribution in [3.05, 3.63) is 40.1 Å². The first-order chi connectivity index (χ1) is 6.65. The third-order valence-corrected chi connectivity index (χ3v) is 2.89. The van der Waals surface area contributed by atoms with Crippen LogP contribution in [-0.4, -0.2) is 0 Å². The molecule has 0 unspecified atom stereocenters. The Morgan fingerprint density at radius 3 is 2.71 bits per heavy atom. The minimum Gasteiger partial charge on any atom is -0.401 e. The van der Waals surface area contributed by atoms with E-state index in [0.717, 1.165) is 12.0 Å². The van der Waals surface area contributed by atoms with Gasteiger partial charge < -0.3 is 5.73 Å². The first kappa shape index (κ1) is 8.83. The first-order valence-electron chi connectivity index (χ1n) is 4.63. The summed E-state index contributed by atoms with van der Waals surface area (Å²) in [6, 6.07) is 6.34. The Balaban J connectivity index is 2.74. The molecule has 0 bridgehead atoms. The van der Waals surface area contributed by atoms with Gasteiger partial charge in [-0.3, -0.25) is 0 Å². The van der Waals surface area contributed by atoms with Crippen molar-refractivity contribution in [2.45, 2.75) is 20.3 Å². The number of nitriles is 1. The number of hydrogen-bond acceptors (Lipinski definition) is 2. The predicted molar refractivity (Wildman–Crippen MR) is 56.3 cm³/mol. The molecule has 70 valence electrons. The van der Waals surface area contributed by atoms with Gasteiger partial charge in [0.25, 0.3) is 0 Å². The Labute approximate surface area is 83.7 Å². The highest BCUT2D eigenvalue weighted by Crippen LogP contribution is 2.33. The van der Waals surface area contributed by atoms with Gasteiger partial charge in [-0.05, 0) is 30.5 Å². The van der Waals surface area contributed by atoms with Gasteiger partial charge in [-0.2, -0.15) is 5.26 Å². The fourth-order valence-corrected chi connectivity index (χ4v) is 1.95. The second-order valence-corrected chi connectivity index (χ2v) is 3.73. The number of benzene rings is 1. The molecule has 0 aromatic heterocycles. The van der Waals surface area contributed by atoms with Crippen molar-refractivity contribution < 1.29 is 0 Å². The molecule has 2 nitrogen and oxygen atoms in total. The Kier molecular flexibility index (Phi) is 1.82. The summed E-state index contributed by atoms with van der Waals surface area (Å²) in [6.45, 7) is 4.10. The number of nitrogens with zero attached hydrogens (tertiary/aromatic N) is 1. The molecule has 0 saturated carbocycles. The van der Waals surface area contributed by atoms with Crippen LogP contribution in [0.2, 0.25) is 0 Å². The highest BCUT2D eigenvalue weighted by atomic mass is 14.6. The zero-order chi connectivity index (χ0) is 10.3. The van der Waals surface area contributed by atoms with E-state index < -0.39 is 0 Å². The second kappa shape index (κ2) is 2.88. The van der Waals surface area contributed by atoms with Crippen molar-refractivity contribution in [2.75, 3.05) is 0 Å². The van der Waals surface area contributed by atoms with Crippen molar-refractivity contribution in [1.82, 2.24) is 0 Å². The lowest BCUT2D eigenvalue weighted by Crippen LogP contribution is -1.96. The van der Waals surface area contributed by atoms with E-state index in [0.29, 0.717) is 11.3 Å². The van der Waals surface area contributed by atoms with Gasteiger partial charge in [0.2, 0.25) is 0 Å². The van der Waals surface area contributed by atoms with E-state index in [2.05, 4.69) is 25.1 Å². The van der Waals surface area contributed by atoms with Crippen LogP contribution in [0, 0.1) is 25.2 Å². The van der Waals surface area contributed by atoms with Crippen LogP contribution < -0.4 is 5.73 Å². The van der Waals surface area contributed by atoms with Crippen molar-refractivity contribution in [3.8, 4) is 6.07 Å². The van der Waals surface area contributed by atoms with Crippen molar-refractivity contribution in [3.63, 3.8) is 0 Å². The first-order valence-corrected chi connectivity index (χ1v) is 4.63. The molecule has 0 spiro atoms. The van der Waals surface area contributed by atoms with Crippen LogP contribution >= 0.6 is 0 Å². The van der Waals surface area contributed by atoms with E-state index in [1.54, 1.807) is 0 Å². The number of nitrogens with two attached hydrogens (primary N) is 1. The molecule has 0 aliphatic heterocycles. The lowest BCUT2D eigenvalue weighted by molar-refractivity contribution is 1.15. The SMILES string of the molecule is Cc1ccc2c(c1C)C(C#N)=C(N)C2. The normalized spacial score (nSPS) is 14.1. The number of rotatable bonds is 0. The van der Waals surface area contributed by atoms with Crippen molar-refractivity contribution in [1.29, 1.82) is 5.26 Å². The highest BCUT2D eigenvalue weighted by molar-refractivity contribution is 5.86. The number of fused-ring (bicyclic) bond motifs is 1. The largest absolute Gasteiger partial charge is 0.401 e. The van der Waals surface area contributed by atoms with E-state index in [9.17, 15) is 0 Å². The van der Waals surface area contributed by atoms with Gasteiger partial charge >= 0.3 is 0 Å². The third-order valence-electron chi connectivity index (χ3n) is 2.89. The molecule has 0 fully saturated rings. The smallest absolute Gasteiger partial charge is 0.102 e. The summed E-state index contributed by atoms with van der Waals surface area (Å²) in [5, 5.41) is 9.01. The molecule has 0 heterocycles. The molecule has 1 aromatic rings. The number of allylic oxidation sites excluding steroid dienone is 2. The molecule has 0 radical (unpaired) electrons. The maximum atomic E-state index is 9.01. The molecule has 14 heavy (non-hydrogen) atoms. The topological polar surface area (TPSA) is 49.8 Å². The van der Waals surface area contributed by atoms with Crippen LogP contribution in [0.4, 0.5) is 0 Å². The molecule has 2 heteroatoms. The summed E-state index contributed by atoms with van der Waals surface area (Å²) in [7, 11) is 0. The van der Waals surface area contributed by atoms with Crippen LogP contribution in [-0.2, 0) is 6.42 Å². The van der Waals surface area contributed by atoms with Crippen LogP contribution in [0.15, 0.2) is 17.8 Å². The summed E-state index contributed by atoms with van der Waals surface area (Å²) in [4.78, 5) is 0. The van der Waals surface area contributed by atoms with E-state index in [-0.39, 0.29) is 0 Å². The minimum atomic E-state index is 0.668. The third kappa shape index (κ3) is 1.03. The molecule has 0 atom stereocenters. The predicted octanol–water partition coefficient (Wildman–Crippen LogP) is 2.05. The van der Waals surface area contributed by atoms with Gasteiger partial charge in [0.1, 0.15) is 6.07 Å². The zero-order valence-electron chi connectivity index (χ0n) is 8.39. The summed E-state index contributed by atoms with van der Waals surface area (Å²) < 4.78 is 0. The lowest BCUT2D eigenvalue weighted by Gasteiger charge is -2.07. The van der Waals surface area contributed by atoms with Crippen LogP contribution in [0.25, 0.3) is 5.57 Å². The van der Waals surface area contributed by atoms with E-state index in [1.807, 2.05) is 6.92 Å². The molecule has 0 saturated heterocycles. The average molecular weight is 184 g/mol. The average Bonchev–Trinajstić information content (AvgIpc) is 2.48. The molecular formula is C12H12N2. The van der Waals surface area contributed by atoms with Gasteiger partial charge in [-0.15, -0.1) is 0 Å². The fraction of sp³-hybridized carbons (Fsp3) is 0.250. The summed E-state index contributed by atoms with van der Waals surface area (Å²) >= 11 is 0. The van der Waals surface area contributed by atoms with Gasteiger partial charge in [0.05, 0.1) is 5.57 Å². The fourth-order valence-electron chi connectivity index (χ4n) is 1.95. The Hall–Kier alpha value is -1.75. The van der Waals surface area contributed by atoms with Gasteiger partial charge in [0.15, 0.2) is 0 Å². The molecule has 1 aliphatic rings. The van der Waals surface area contributed by atoms with E-state index in [4.69, 9.17) is 11.0 Å². The van der Waals surface area contributed by atoms with Crippen LogP contribution in [0.1, 0.15) is 22.3 Å². The molecule has 1 aliphatic carbocycles. The monoisotopic (exact) mass is 184 g/mol. The maximum absolute atomic E-state index is 9.01. The Bertz CT molecular complexity index is 476. The van der Waals surface area contributed by atoms with Crippen molar-refractivity contribution >= 4 is 5.57 Å². The second-order valence-electron chi connectivity index (χ2n) is 3.73. The molecule has 1 aromatic carbocycles. The zero-order valence-corrected chi connectivity index (χ0v) is 8.39. The molecule has 2 N–H and O–H groups in total. The van der Waals surface area contributed by atoms with Gasteiger partial charge in [0, 0.05) is 17.7 Å².